The molecule has 0 saturated carbocycles. The van der Waals surface area contributed by atoms with Crippen molar-refractivity contribution in [1.29, 1.82) is 0 Å². The van der Waals surface area contributed by atoms with Gasteiger partial charge in [-0.05, 0) is 31.7 Å². The Hall–Kier alpha value is -1.30. The van der Waals surface area contributed by atoms with Crippen molar-refractivity contribution in [1.82, 2.24) is 10.0 Å². The van der Waals surface area contributed by atoms with Crippen LogP contribution in [0.5, 0.6) is 5.88 Å². The Morgan fingerprint density at radius 3 is 2.10 bits per heavy atom. The van der Waals surface area contributed by atoms with Crippen LogP contribution in [0.1, 0.15) is 44.1 Å². The molecule has 3 heterocycles. The summed E-state index contributed by atoms with van der Waals surface area (Å²) in [5.74, 6) is 0.247. The standard InChI is InChI=1S/C14H17F3N2O/c15-14(16,17)10-7-8-13(18-9-10)20-19-11-3-1-4-12(19)6-2-5-11/h7-9,11-12H,1-6H2. The smallest absolute Gasteiger partial charge is 0.385 e. The normalized spacial score (nSPS) is 27.4. The van der Waals surface area contributed by atoms with E-state index in [9.17, 15) is 13.2 Å². The molecule has 2 aliphatic rings. The van der Waals surface area contributed by atoms with Crippen LogP contribution < -0.4 is 4.84 Å². The van der Waals surface area contributed by atoms with Crippen molar-refractivity contribution in [3.63, 3.8) is 0 Å². The monoisotopic (exact) mass is 286 g/mol. The van der Waals surface area contributed by atoms with E-state index in [2.05, 4.69) is 4.98 Å². The Balaban J connectivity index is 1.71. The first-order valence-electron chi connectivity index (χ1n) is 7.03. The molecule has 0 aromatic carbocycles. The topological polar surface area (TPSA) is 25.4 Å². The predicted octanol–water partition coefficient (Wildman–Crippen LogP) is 3.80. The highest BCUT2D eigenvalue weighted by Gasteiger charge is 2.36. The summed E-state index contributed by atoms with van der Waals surface area (Å²) in [5.41, 5.74) is -0.747. The zero-order valence-corrected chi connectivity index (χ0v) is 11.1. The second kappa shape index (κ2) is 5.24. The molecule has 0 unspecified atom stereocenters. The van der Waals surface area contributed by atoms with Crippen molar-refractivity contribution >= 4 is 0 Å². The summed E-state index contributed by atoms with van der Waals surface area (Å²) in [6.45, 7) is 0. The van der Waals surface area contributed by atoms with Crippen LogP contribution in [0.15, 0.2) is 18.3 Å². The van der Waals surface area contributed by atoms with Gasteiger partial charge >= 0.3 is 6.18 Å². The fraction of sp³-hybridized carbons (Fsp3) is 0.643. The Kier molecular flexibility index (Phi) is 3.58. The molecule has 2 saturated heterocycles. The maximum absolute atomic E-state index is 12.5. The summed E-state index contributed by atoms with van der Waals surface area (Å²) in [5, 5.41) is 1.96. The minimum atomic E-state index is -4.35. The quantitative estimate of drug-likeness (QED) is 0.827. The first-order valence-corrected chi connectivity index (χ1v) is 7.03. The number of hydroxylamine groups is 2. The molecule has 0 spiro atoms. The molecule has 1 aromatic heterocycles. The first-order chi connectivity index (χ1) is 9.54. The number of halogens is 3. The number of pyridine rings is 1. The van der Waals surface area contributed by atoms with E-state index in [1.54, 1.807) is 0 Å². The molecule has 6 heteroatoms. The maximum atomic E-state index is 12.5. The van der Waals surface area contributed by atoms with E-state index in [1.807, 2.05) is 5.06 Å². The van der Waals surface area contributed by atoms with E-state index in [0.717, 1.165) is 37.9 Å². The molecule has 0 amide bonds. The van der Waals surface area contributed by atoms with E-state index in [1.165, 1.54) is 18.9 Å². The third-order valence-corrected chi connectivity index (χ3v) is 4.13. The third-order valence-electron chi connectivity index (χ3n) is 4.13. The van der Waals surface area contributed by atoms with Crippen molar-refractivity contribution in [2.75, 3.05) is 0 Å². The largest absolute Gasteiger partial charge is 0.417 e. The van der Waals surface area contributed by atoms with Crippen LogP contribution in [0, 0.1) is 0 Å². The molecule has 0 N–H and O–H groups in total. The molecular formula is C14H17F3N2O. The van der Waals surface area contributed by atoms with Gasteiger partial charge in [0.1, 0.15) is 0 Å². The van der Waals surface area contributed by atoms with Gasteiger partial charge in [0.25, 0.3) is 0 Å². The van der Waals surface area contributed by atoms with Crippen molar-refractivity contribution in [3.8, 4) is 5.88 Å². The van der Waals surface area contributed by atoms with E-state index in [4.69, 9.17) is 4.84 Å². The Morgan fingerprint density at radius 2 is 1.65 bits per heavy atom. The summed E-state index contributed by atoms with van der Waals surface area (Å²) in [7, 11) is 0. The number of rotatable bonds is 2. The molecule has 1 aromatic rings. The average molecular weight is 286 g/mol. The molecule has 0 radical (unpaired) electrons. The molecule has 0 aliphatic carbocycles. The van der Waals surface area contributed by atoms with Crippen LogP contribution in [-0.2, 0) is 6.18 Å². The molecular weight excluding hydrogens is 269 g/mol. The van der Waals surface area contributed by atoms with E-state index < -0.39 is 11.7 Å². The summed E-state index contributed by atoms with van der Waals surface area (Å²) < 4.78 is 37.4. The van der Waals surface area contributed by atoms with Crippen molar-refractivity contribution < 1.29 is 18.0 Å². The van der Waals surface area contributed by atoms with Gasteiger partial charge in [0.2, 0.25) is 5.88 Å². The summed E-state index contributed by atoms with van der Waals surface area (Å²) in [6, 6.07) is 3.08. The molecule has 3 rings (SSSR count). The Labute approximate surface area is 115 Å². The van der Waals surface area contributed by atoms with Gasteiger partial charge in [-0.2, -0.15) is 13.2 Å². The molecule has 0 atom stereocenters. The number of hydrogen-bond donors (Lipinski definition) is 0. The average Bonchev–Trinajstić information content (AvgIpc) is 2.38. The molecule has 2 bridgehead atoms. The lowest BCUT2D eigenvalue weighted by Crippen LogP contribution is -2.51. The van der Waals surface area contributed by atoms with E-state index in [-0.39, 0.29) is 5.88 Å². The van der Waals surface area contributed by atoms with E-state index in [0.29, 0.717) is 12.1 Å². The van der Waals surface area contributed by atoms with E-state index >= 15 is 0 Å². The van der Waals surface area contributed by atoms with Gasteiger partial charge in [0.05, 0.1) is 5.56 Å². The molecule has 2 fully saturated rings. The van der Waals surface area contributed by atoms with Gasteiger partial charge in [-0.25, -0.2) is 4.98 Å². The van der Waals surface area contributed by atoms with Gasteiger partial charge in [0, 0.05) is 24.3 Å². The molecule has 20 heavy (non-hydrogen) atoms. The fourth-order valence-electron chi connectivity index (χ4n) is 3.13. The van der Waals surface area contributed by atoms with Gasteiger partial charge < -0.3 is 4.84 Å². The molecule has 2 aliphatic heterocycles. The van der Waals surface area contributed by atoms with Crippen molar-refractivity contribution in [2.24, 2.45) is 0 Å². The van der Waals surface area contributed by atoms with Crippen LogP contribution in [0.2, 0.25) is 0 Å². The lowest BCUT2D eigenvalue weighted by Gasteiger charge is -2.44. The van der Waals surface area contributed by atoms with Gasteiger partial charge in [0.15, 0.2) is 0 Å². The van der Waals surface area contributed by atoms with Crippen LogP contribution in [-0.4, -0.2) is 22.1 Å². The zero-order chi connectivity index (χ0) is 14.2. The number of fused-ring (bicyclic) bond motifs is 2. The van der Waals surface area contributed by atoms with Crippen LogP contribution >= 0.6 is 0 Å². The van der Waals surface area contributed by atoms with Crippen LogP contribution in [0.3, 0.4) is 0 Å². The molecule has 110 valence electrons. The van der Waals surface area contributed by atoms with Crippen LogP contribution in [0.25, 0.3) is 0 Å². The molecule has 3 nitrogen and oxygen atoms in total. The van der Waals surface area contributed by atoms with Crippen molar-refractivity contribution in [3.05, 3.63) is 23.9 Å². The van der Waals surface area contributed by atoms with Gasteiger partial charge in [-0.15, -0.1) is 5.06 Å². The SMILES string of the molecule is FC(F)(F)c1ccc(ON2C3CCCC2CCC3)nc1. The summed E-state index contributed by atoms with van der Waals surface area (Å²) >= 11 is 0. The number of hydrogen-bond acceptors (Lipinski definition) is 3. The zero-order valence-electron chi connectivity index (χ0n) is 11.1. The second-order valence-electron chi connectivity index (χ2n) is 5.50. The second-order valence-corrected chi connectivity index (χ2v) is 5.50. The highest BCUT2D eigenvalue weighted by molar-refractivity contribution is 5.20. The highest BCUT2D eigenvalue weighted by atomic mass is 19.4. The maximum Gasteiger partial charge on any atom is 0.417 e. The predicted molar refractivity (Wildman–Crippen MR) is 67.0 cm³/mol. The first kappa shape index (κ1) is 13.7. The Morgan fingerprint density at radius 1 is 1.05 bits per heavy atom. The summed E-state index contributed by atoms with van der Waals surface area (Å²) in [4.78, 5) is 9.53. The number of piperidine rings is 2. The number of nitrogens with zero attached hydrogens (tertiary/aromatic N) is 2. The summed E-state index contributed by atoms with van der Waals surface area (Å²) in [6.07, 6.45) is 3.26. The Bertz CT molecular complexity index is 438. The van der Waals surface area contributed by atoms with Gasteiger partial charge in [-0.1, -0.05) is 12.8 Å². The fourth-order valence-corrected chi connectivity index (χ4v) is 3.13. The minimum Gasteiger partial charge on any atom is -0.385 e. The lowest BCUT2D eigenvalue weighted by molar-refractivity contribution is -0.170. The van der Waals surface area contributed by atoms with Crippen LogP contribution in [0.4, 0.5) is 13.2 Å². The van der Waals surface area contributed by atoms with Crippen molar-refractivity contribution in [2.45, 2.75) is 56.8 Å². The van der Waals surface area contributed by atoms with Gasteiger partial charge in [-0.3, -0.25) is 0 Å². The number of alkyl halides is 3. The minimum absolute atomic E-state index is 0.247. The highest BCUT2D eigenvalue weighted by Crippen LogP contribution is 2.35. The third kappa shape index (κ3) is 2.75. The lowest BCUT2D eigenvalue weighted by atomic mass is 9.86. The number of aromatic nitrogens is 1.